The van der Waals surface area contributed by atoms with E-state index in [0.717, 1.165) is 12.0 Å². The number of hydrogen-bond acceptors (Lipinski definition) is 2. The molecule has 1 amide bonds. The van der Waals surface area contributed by atoms with Crippen LogP contribution in [-0.4, -0.2) is 19.1 Å². The third-order valence-corrected chi connectivity index (χ3v) is 1.92. The molecule has 1 N–H and O–H groups in total. The van der Waals surface area contributed by atoms with Crippen LogP contribution >= 0.6 is 0 Å². The Morgan fingerprint density at radius 1 is 1.50 bits per heavy atom. The molecule has 0 aliphatic rings. The smallest absolute Gasteiger partial charge is 0.257 e. The molecule has 3 nitrogen and oxygen atoms in total. The van der Waals surface area contributed by atoms with Gasteiger partial charge in [0.25, 0.3) is 5.91 Å². The van der Waals surface area contributed by atoms with E-state index in [1.54, 1.807) is 6.08 Å². The number of ether oxygens (including phenoxy) is 1. The van der Waals surface area contributed by atoms with Crippen LogP contribution in [0, 0.1) is 0 Å². The van der Waals surface area contributed by atoms with Crippen molar-refractivity contribution in [3.63, 3.8) is 0 Å². The Kier molecular flexibility index (Phi) is 7.94. The van der Waals surface area contributed by atoms with E-state index in [1.165, 1.54) is 0 Å². The van der Waals surface area contributed by atoms with E-state index in [-0.39, 0.29) is 12.5 Å². The van der Waals surface area contributed by atoms with Crippen molar-refractivity contribution in [2.75, 3.05) is 13.2 Å². The van der Waals surface area contributed by atoms with Gasteiger partial charge in [-0.3, -0.25) is 4.79 Å². The molecule has 0 aromatic rings. The van der Waals surface area contributed by atoms with Gasteiger partial charge in [0.2, 0.25) is 0 Å². The van der Waals surface area contributed by atoms with Crippen molar-refractivity contribution in [2.45, 2.75) is 27.2 Å². The van der Waals surface area contributed by atoms with Crippen molar-refractivity contribution in [2.24, 2.45) is 0 Å². The van der Waals surface area contributed by atoms with E-state index in [9.17, 15) is 4.79 Å². The Hall–Kier alpha value is -1.51. The van der Waals surface area contributed by atoms with Crippen LogP contribution < -0.4 is 5.32 Å². The molecule has 0 heterocycles. The molecule has 0 unspecified atom stereocenters. The highest BCUT2D eigenvalue weighted by atomic mass is 16.5. The summed E-state index contributed by atoms with van der Waals surface area (Å²) in [5.41, 5.74) is 0.959. The standard InChI is InChI=1S/C13H21NO2/c1-5-8-11(4)12(7-3)16-10-13(15)14-9-6-2/h5,7-8H,3,6,9-10H2,1-2,4H3,(H,14,15)/b8-5-,12-11+. The van der Waals surface area contributed by atoms with Gasteiger partial charge >= 0.3 is 0 Å². The average molecular weight is 223 g/mol. The average Bonchev–Trinajstić information content (AvgIpc) is 2.27. The first-order valence-corrected chi connectivity index (χ1v) is 5.51. The SMILES string of the molecule is C=C/C(OCC(=O)NCCC)=C(C)\C=C/C. The lowest BCUT2D eigenvalue weighted by molar-refractivity contribution is -0.124. The molecule has 0 aliphatic heterocycles. The van der Waals surface area contributed by atoms with Gasteiger partial charge in [0.05, 0.1) is 0 Å². The Labute approximate surface area is 97.9 Å². The molecular weight excluding hydrogens is 202 g/mol. The number of allylic oxidation sites excluding steroid dienone is 4. The zero-order valence-corrected chi connectivity index (χ0v) is 10.4. The van der Waals surface area contributed by atoms with Crippen molar-refractivity contribution in [3.05, 3.63) is 36.1 Å². The summed E-state index contributed by atoms with van der Waals surface area (Å²) in [6.45, 7) is 10.2. The lowest BCUT2D eigenvalue weighted by Gasteiger charge is -2.09. The predicted molar refractivity (Wildman–Crippen MR) is 67.0 cm³/mol. The van der Waals surface area contributed by atoms with Gasteiger partial charge in [-0.15, -0.1) is 0 Å². The molecule has 0 aromatic carbocycles. The highest BCUT2D eigenvalue weighted by molar-refractivity contribution is 5.77. The summed E-state index contributed by atoms with van der Waals surface area (Å²) >= 11 is 0. The third kappa shape index (κ3) is 6.06. The van der Waals surface area contributed by atoms with Crippen LogP contribution in [0.5, 0.6) is 0 Å². The van der Waals surface area contributed by atoms with Crippen molar-refractivity contribution in [3.8, 4) is 0 Å². The monoisotopic (exact) mass is 223 g/mol. The minimum atomic E-state index is -0.102. The summed E-state index contributed by atoms with van der Waals surface area (Å²) < 4.78 is 5.36. The van der Waals surface area contributed by atoms with E-state index in [2.05, 4.69) is 11.9 Å². The lowest BCUT2D eigenvalue weighted by atomic mass is 10.2. The Balaban J connectivity index is 4.20. The normalized spacial score (nSPS) is 12.2. The van der Waals surface area contributed by atoms with E-state index in [1.807, 2.05) is 32.9 Å². The van der Waals surface area contributed by atoms with Gasteiger partial charge < -0.3 is 10.1 Å². The predicted octanol–water partition coefficient (Wildman–Crippen LogP) is 2.57. The van der Waals surface area contributed by atoms with Crippen LogP contribution in [0.4, 0.5) is 0 Å². The van der Waals surface area contributed by atoms with E-state index in [4.69, 9.17) is 4.74 Å². The van der Waals surface area contributed by atoms with Gasteiger partial charge in [-0.05, 0) is 31.9 Å². The molecule has 90 valence electrons. The number of nitrogens with one attached hydrogen (secondary N) is 1. The molecule has 0 spiro atoms. The van der Waals surface area contributed by atoms with E-state index < -0.39 is 0 Å². The molecular formula is C13H21NO2. The van der Waals surface area contributed by atoms with Crippen LogP contribution in [0.1, 0.15) is 27.2 Å². The van der Waals surface area contributed by atoms with E-state index in [0.29, 0.717) is 12.3 Å². The molecule has 0 aromatic heterocycles. The largest absolute Gasteiger partial charge is 0.484 e. The maximum absolute atomic E-state index is 11.3. The van der Waals surface area contributed by atoms with Crippen LogP contribution in [0.15, 0.2) is 36.1 Å². The summed E-state index contributed by atoms with van der Waals surface area (Å²) in [5, 5.41) is 2.74. The zero-order valence-electron chi connectivity index (χ0n) is 10.4. The second-order valence-corrected chi connectivity index (χ2v) is 3.39. The Morgan fingerprint density at radius 3 is 2.69 bits per heavy atom. The maximum atomic E-state index is 11.3. The summed E-state index contributed by atoms with van der Waals surface area (Å²) in [6, 6.07) is 0. The van der Waals surface area contributed by atoms with Crippen LogP contribution in [0.3, 0.4) is 0 Å². The molecule has 0 saturated heterocycles. The fourth-order valence-electron chi connectivity index (χ4n) is 1.12. The first kappa shape index (κ1) is 14.5. The molecule has 0 aliphatic carbocycles. The zero-order chi connectivity index (χ0) is 12.4. The van der Waals surface area contributed by atoms with Crippen molar-refractivity contribution < 1.29 is 9.53 Å². The van der Waals surface area contributed by atoms with Crippen LogP contribution in [-0.2, 0) is 9.53 Å². The fourth-order valence-corrected chi connectivity index (χ4v) is 1.12. The summed E-state index contributed by atoms with van der Waals surface area (Å²) in [6.07, 6.45) is 6.37. The number of carbonyl (C=O) groups is 1. The second kappa shape index (κ2) is 8.77. The number of hydrogen-bond donors (Lipinski definition) is 1. The van der Waals surface area contributed by atoms with Gasteiger partial charge in [0.1, 0.15) is 5.76 Å². The van der Waals surface area contributed by atoms with Gasteiger partial charge in [-0.25, -0.2) is 0 Å². The first-order valence-electron chi connectivity index (χ1n) is 5.51. The van der Waals surface area contributed by atoms with Crippen molar-refractivity contribution in [1.29, 1.82) is 0 Å². The van der Waals surface area contributed by atoms with Gasteiger partial charge in [0, 0.05) is 6.54 Å². The molecule has 0 bridgehead atoms. The maximum Gasteiger partial charge on any atom is 0.257 e. The summed E-state index contributed by atoms with van der Waals surface area (Å²) in [7, 11) is 0. The summed E-state index contributed by atoms with van der Waals surface area (Å²) in [4.78, 5) is 11.3. The number of carbonyl (C=O) groups excluding carboxylic acids is 1. The van der Waals surface area contributed by atoms with Gasteiger partial charge in [0.15, 0.2) is 6.61 Å². The van der Waals surface area contributed by atoms with E-state index >= 15 is 0 Å². The highest BCUT2D eigenvalue weighted by Gasteiger charge is 2.03. The molecule has 0 atom stereocenters. The molecule has 0 radical (unpaired) electrons. The Bertz CT molecular complexity index is 290. The first-order chi connectivity index (χ1) is 7.65. The fraction of sp³-hybridized carbons (Fsp3) is 0.462. The molecule has 0 saturated carbocycles. The molecule has 0 fully saturated rings. The lowest BCUT2D eigenvalue weighted by Crippen LogP contribution is -2.28. The molecule has 3 heteroatoms. The molecule has 0 rings (SSSR count). The number of rotatable bonds is 7. The van der Waals surface area contributed by atoms with Gasteiger partial charge in [-0.1, -0.05) is 25.7 Å². The third-order valence-electron chi connectivity index (χ3n) is 1.92. The van der Waals surface area contributed by atoms with Gasteiger partial charge in [-0.2, -0.15) is 0 Å². The number of amides is 1. The second-order valence-electron chi connectivity index (χ2n) is 3.39. The van der Waals surface area contributed by atoms with Crippen molar-refractivity contribution >= 4 is 5.91 Å². The quantitative estimate of drug-likeness (QED) is 0.532. The topological polar surface area (TPSA) is 38.3 Å². The summed E-state index contributed by atoms with van der Waals surface area (Å²) in [5.74, 6) is 0.541. The minimum Gasteiger partial charge on any atom is -0.484 e. The van der Waals surface area contributed by atoms with Crippen LogP contribution in [0.25, 0.3) is 0 Å². The van der Waals surface area contributed by atoms with Crippen molar-refractivity contribution in [1.82, 2.24) is 5.32 Å². The minimum absolute atomic E-state index is 0.0379. The highest BCUT2D eigenvalue weighted by Crippen LogP contribution is 2.08. The van der Waals surface area contributed by atoms with Crippen LogP contribution in [0.2, 0.25) is 0 Å². The Morgan fingerprint density at radius 2 is 2.19 bits per heavy atom. The molecule has 16 heavy (non-hydrogen) atoms.